The molecule has 0 bridgehead atoms. The Morgan fingerprint density at radius 3 is 2.35 bits per heavy atom. The Labute approximate surface area is 100 Å². The second kappa shape index (κ2) is 4.41. The maximum atomic E-state index is 12.0. The number of hydrogen-bond acceptors (Lipinski definition) is 2. The zero-order valence-electron chi connectivity index (χ0n) is 10.2. The van der Waals surface area contributed by atoms with E-state index in [9.17, 15) is 4.79 Å². The molecule has 17 heavy (non-hydrogen) atoms. The molecule has 0 saturated carbocycles. The molecule has 1 heterocycles. The lowest BCUT2D eigenvalue weighted by Gasteiger charge is -2.05. The quantitative estimate of drug-likeness (QED) is 0.831. The average Bonchev–Trinajstić information content (AvgIpc) is 2.61. The van der Waals surface area contributed by atoms with E-state index < -0.39 is 0 Å². The highest BCUT2D eigenvalue weighted by Crippen LogP contribution is 2.17. The zero-order chi connectivity index (χ0) is 12.4. The molecule has 1 aromatic carbocycles. The topological polar surface area (TPSA) is 57.8 Å². The van der Waals surface area contributed by atoms with Crippen LogP contribution < -0.4 is 5.32 Å². The Morgan fingerprint density at radius 2 is 1.82 bits per heavy atom. The van der Waals surface area contributed by atoms with Crippen molar-refractivity contribution in [2.75, 3.05) is 5.32 Å². The Kier molecular flexibility index (Phi) is 2.95. The molecule has 0 aliphatic heterocycles. The molecule has 2 aromatic rings. The fraction of sp³-hybridized carbons (Fsp3) is 0.231. The van der Waals surface area contributed by atoms with Crippen molar-refractivity contribution in [2.24, 2.45) is 0 Å². The number of nitrogens with zero attached hydrogens (tertiary/aromatic N) is 1. The van der Waals surface area contributed by atoms with Gasteiger partial charge in [-0.2, -0.15) is 5.10 Å². The summed E-state index contributed by atoms with van der Waals surface area (Å²) in [5.41, 5.74) is 4.20. The van der Waals surface area contributed by atoms with E-state index in [1.54, 1.807) is 0 Å². The lowest BCUT2D eigenvalue weighted by Crippen LogP contribution is -2.12. The fourth-order valence-electron chi connectivity index (χ4n) is 1.63. The molecule has 0 aliphatic carbocycles. The van der Waals surface area contributed by atoms with Gasteiger partial charge in [0.2, 0.25) is 0 Å². The smallest absolute Gasteiger partial charge is 0.255 e. The molecule has 0 spiro atoms. The van der Waals surface area contributed by atoms with Crippen LogP contribution in [0.25, 0.3) is 0 Å². The van der Waals surface area contributed by atoms with E-state index in [4.69, 9.17) is 0 Å². The summed E-state index contributed by atoms with van der Waals surface area (Å²) in [5, 5.41) is 9.74. The van der Waals surface area contributed by atoms with Crippen LogP contribution in [0.2, 0.25) is 0 Å². The van der Waals surface area contributed by atoms with E-state index in [0.29, 0.717) is 5.56 Å². The van der Waals surface area contributed by atoms with Crippen LogP contribution in [0.4, 0.5) is 5.69 Å². The minimum atomic E-state index is -0.113. The number of aromatic nitrogens is 2. The van der Waals surface area contributed by atoms with Gasteiger partial charge >= 0.3 is 0 Å². The van der Waals surface area contributed by atoms with Crippen molar-refractivity contribution in [1.82, 2.24) is 10.2 Å². The number of aromatic amines is 1. The Hall–Kier alpha value is -2.10. The maximum Gasteiger partial charge on any atom is 0.255 e. The molecular formula is C13H15N3O. The maximum absolute atomic E-state index is 12.0. The summed E-state index contributed by atoms with van der Waals surface area (Å²) in [6, 6.07) is 7.47. The second-order valence-corrected chi connectivity index (χ2v) is 4.13. The third-order valence-electron chi connectivity index (χ3n) is 2.68. The summed E-state index contributed by atoms with van der Waals surface area (Å²) in [6.45, 7) is 5.73. The summed E-state index contributed by atoms with van der Waals surface area (Å²) in [6.07, 6.45) is 0. The summed E-state index contributed by atoms with van der Waals surface area (Å²) in [5.74, 6) is -0.113. The van der Waals surface area contributed by atoms with E-state index in [2.05, 4.69) is 15.5 Å². The van der Waals surface area contributed by atoms with E-state index in [-0.39, 0.29) is 5.91 Å². The van der Waals surface area contributed by atoms with Crippen LogP contribution >= 0.6 is 0 Å². The van der Waals surface area contributed by atoms with Gasteiger partial charge in [0.15, 0.2) is 0 Å². The lowest BCUT2D eigenvalue weighted by atomic mass is 10.1. The van der Waals surface area contributed by atoms with Crippen LogP contribution in [0.5, 0.6) is 0 Å². The van der Waals surface area contributed by atoms with Crippen LogP contribution in [0.1, 0.15) is 27.3 Å². The van der Waals surface area contributed by atoms with Gasteiger partial charge < -0.3 is 5.32 Å². The molecule has 88 valence electrons. The summed E-state index contributed by atoms with van der Waals surface area (Å²) in [7, 11) is 0. The van der Waals surface area contributed by atoms with Gasteiger partial charge in [-0.1, -0.05) is 17.7 Å². The van der Waals surface area contributed by atoms with Gasteiger partial charge in [-0.15, -0.1) is 0 Å². The number of benzene rings is 1. The zero-order valence-corrected chi connectivity index (χ0v) is 10.2. The first-order valence-corrected chi connectivity index (χ1v) is 5.47. The van der Waals surface area contributed by atoms with E-state index in [1.807, 2.05) is 45.0 Å². The van der Waals surface area contributed by atoms with Crippen LogP contribution in [0, 0.1) is 20.8 Å². The standard InChI is InChI=1S/C13H15N3O/c1-8-4-6-11(7-5-8)13(17)14-12-9(2)15-16-10(12)3/h4-7H,1-3H3,(H,14,17)(H,15,16). The molecule has 4 nitrogen and oxygen atoms in total. The Bertz CT molecular complexity index is 521. The van der Waals surface area contributed by atoms with Crippen molar-refractivity contribution in [3.05, 3.63) is 46.8 Å². The minimum absolute atomic E-state index is 0.113. The van der Waals surface area contributed by atoms with Gasteiger partial charge in [-0.25, -0.2) is 0 Å². The van der Waals surface area contributed by atoms with Crippen molar-refractivity contribution in [3.63, 3.8) is 0 Å². The van der Waals surface area contributed by atoms with Gasteiger partial charge in [0, 0.05) is 5.56 Å². The molecule has 0 saturated heterocycles. The van der Waals surface area contributed by atoms with Gasteiger partial charge in [0.25, 0.3) is 5.91 Å². The highest BCUT2D eigenvalue weighted by atomic mass is 16.1. The van der Waals surface area contributed by atoms with Gasteiger partial charge in [0.05, 0.1) is 17.1 Å². The highest BCUT2D eigenvalue weighted by molar-refractivity contribution is 6.04. The van der Waals surface area contributed by atoms with Crippen molar-refractivity contribution in [1.29, 1.82) is 0 Å². The minimum Gasteiger partial charge on any atom is -0.319 e. The number of nitrogens with one attached hydrogen (secondary N) is 2. The molecule has 0 atom stereocenters. The van der Waals surface area contributed by atoms with Crippen LogP contribution in [0.3, 0.4) is 0 Å². The van der Waals surface area contributed by atoms with Crippen molar-refractivity contribution < 1.29 is 4.79 Å². The average molecular weight is 229 g/mol. The first-order chi connectivity index (χ1) is 8.08. The predicted octanol–water partition coefficient (Wildman–Crippen LogP) is 2.59. The largest absolute Gasteiger partial charge is 0.319 e. The number of H-pyrrole nitrogens is 1. The molecule has 2 rings (SSSR count). The number of anilines is 1. The van der Waals surface area contributed by atoms with Crippen molar-refractivity contribution in [2.45, 2.75) is 20.8 Å². The molecule has 1 amide bonds. The van der Waals surface area contributed by atoms with Crippen LogP contribution in [-0.4, -0.2) is 16.1 Å². The number of carbonyl (C=O) groups is 1. The number of aryl methyl sites for hydroxylation is 3. The van der Waals surface area contributed by atoms with Crippen LogP contribution in [-0.2, 0) is 0 Å². The van der Waals surface area contributed by atoms with Crippen LogP contribution in [0.15, 0.2) is 24.3 Å². The number of amides is 1. The van der Waals surface area contributed by atoms with Gasteiger partial charge in [-0.05, 0) is 32.9 Å². The monoisotopic (exact) mass is 229 g/mol. The first-order valence-electron chi connectivity index (χ1n) is 5.47. The Morgan fingerprint density at radius 1 is 1.18 bits per heavy atom. The third-order valence-corrected chi connectivity index (χ3v) is 2.68. The third kappa shape index (κ3) is 2.36. The molecule has 0 radical (unpaired) electrons. The normalized spacial score (nSPS) is 10.3. The molecule has 0 aliphatic rings. The molecule has 4 heteroatoms. The first kappa shape index (κ1) is 11.4. The Balaban J connectivity index is 2.20. The number of rotatable bonds is 2. The van der Waals surface area contributed by atoms with Gasteiger partial charge in [-0.3, -0.25) is 9.89 Å². The summed E-state index contributed by atoms with van der Waals surface area (Å²) < 4.78 is 0. The fourth-order valence-corrected chi connectivity index (χ4v) is 1.63. The molecule has 1 aromatic heterocycles. The molecular weight excluding hydrogens is 214 g/mol. The van der Waals surface area contributed by atoms with Crippen molar-refractivity contribution in [3.8, 4) is 0 Å². The summed E-state index contributed by atoms with van der Waals surface area (Å²) >= 11 is 0. The van der Waals surface area contributed by atoms with E-state index in [0.717, 1.165) is 22.6 Å². The number of carbonyl (C=O) groups excluding carboxylic acids is 1. The highest BCUT2D eigenvalue weighted by Gasteiger charge is 2.11. The predicted molar refractivity (Wildman–Crippen MR) is 67.2 cm³/mol. The SMILES string of the molecule is Cc1ccc(C(=O)Nc2c(C)n[nH]c2C)cc1. The van der Waals surface area contributed by atoms with E-state index >= 15 is 0 Å². The molecule has 2 N–H and O–H groups in total. The van der Waals surface area contributed by atoms with E-state index in [1.165, 1.54) is 0 Å². The second-order valence-electron chi connectivity index (χ2n) is 4.13. The van der Waals surface area contributed by atoms with Gasteiger partial charge in [0.1, 0.15) is 0 Å². The van der Waals surface area contributed by atoms with Crippen molar-refractivity contribution >= 4 is 11.6 Å². The molecule has 0 fully saturated rings. The lowest BCUT2D eigenvalue weighted by molar-refractivity contribution is 0.102. The summed E-state index contributed by atoms with van der Waals surface area (Å²) in [4.78, 5) is 12.0. The number of hydrogen-bond donors (Lipinski definition) is 2. The molecule has 0 unspecified atom stereocenters.